The van der Waals surface area contributed by atoms with Crippen LogP contribution in [0.25, 0.3) is 0 Å². The Morgan fingerprint density at radius 3 is 2.31 bits per heavy atom. The molecule has 154 valence electrons. The van der Waals surface area contributed by atoms with Gasteiger partial charge in [-0.25, -0.2) is 4.79 Å². The maximum atomic E-state index is 12.7. The van der Waals surface area contributed by atoms with Gasteiger partial charge >= 0.3 is 6.03 Å². The molecule has 2 aromatic carbocycles. The van der Waals surface area contributed by atoms with E-state index in [9.17, 15) is 9.59 Å². The van der Waals surface area contributed by atoms with Gasteiger partial charge in [-0.15, -0.1) is 0 Å². The smallest absolute Gasteiger partial charge is 0.318 e. The van der Waals surface area contributed by atoms with Crippen molar-refractivity contribution in [1.29, 1.82) is 0 Å². The monoisotopic (exact) mass is 417 g/mol. The number of nitrogens with zero attached hydrogens (tertiary/aromatic N) is 1. The molecule has 0 aromatic heterocycles. The summed E-state index contributed by atoms with van der Waals surface area (Å²) in [4.78, 5) is 26.7. The molecule has 3 amide bonds. The van der Waals surface area contributed by atoms with Gasteiger partial charge in [0.1, 0.15) is 6.04 Å². The zero-order chi connectivity index (χ0) is 21.0. The average Bonchev–Trinajstić information content (AvgIpc) is 2.73. The van der Waals surface area contributed by atoms with Gasteiger partial charge in [0.15, 0.2) is 11.5 Å². The van der Waals surface area contributed by atoms with Crippen LogP contribution in [-0.4, -0.2) is 43.6 Å². The number of anilines is 1. The number of rotatable bonds is 5. The number of fused-ring (bicyclic) bond motifs is 1. The number of benzene rings is 2. The van der Waals surface area contributed by atoms with Crippen molar-refractivity contribution in [1.82, 2.24) is 10.2 Å². The Labute approximate surface area is 174 Å². The van der Waals surface area contributed by atoms with E-state index in [2.05, 4.69) is 10.6 Å². The highest BCUT2D eigenvalue weighted by Crippen LogP contribution is 2.33. The third-order valence-corrected chi connectivity index (χ3v) is 5.10. The second kappa shape index (κ2) is 9.05. The molecular formula is C21H24ClN3O4. The quantitative estimate of drug-likeness (QED) is 0.780. The van der Waals surface area contributed by atoms with Crippen LogP contribution in [0, 0.1) is 0 Å². The zero-order valence-electron chi connectivity index (χ0n) is 16.6. The molecule has 0 aliphatic carbocycles. The van der Waals surface area contributed by atoms with Gasteiger partial charge in [0.05, 0.1) is 14.2 Å². The van der Waals surface area contributed by atoms with Crippen molar-refractivity contribution >= 4 is 29.2 Å². The van der Waals surface area contributed by atoms with Gasteiger partial charge in [-0.3, -0.25) is 4.79 Å². The molecule has 2 N–H and O–H groups in total. The molecular weight excluding hydrogens is 394 g/mol. The molecule has 7 nitrogen and oxygen atoms in total. The predicted octanol–water partition coefficient (Wildman–Crippen LogP) is 3.45. The number of carbonyl (C=O) groups excluding carboxylic acids is 2. The first-order valence-electron chi connectivity index (χ1n) is 9.27. The summed E-state index contributed by atoms with van der Waals surface area (Å²) >= 11 is 5.85. The van der Waals surface area contributed by atoms with E-state index in [1.807, 2.05) is 12.1 Å². The molecule has 1 heterocycles. The van der Waals surface area contributed by atoms with E-state index < -0.39 is 6.04 Å². The molecule has 29 heavy (non-hydrogen) atoms. The minimum absolute atomic E-state index is 0.288. The summed E-state index contributed by atoms with van der Waals surface area (Å²) in [5.41, 5.74) is 2.75. The van der Waals surface area contributed by atoms with E-state index in [4.69, 9.17) is 21.1 Å². The summed E-state index contributed by atoms with van der Waals surface area (Å²) in [5, 5.41) is 6.10. The highest BCUT2D eigenvalue weighted by Gasteiger charge is 2.25. The van der Waals surface area contributed by atoms with Crippen LogP contribution in [-0.2, 0) is 17.8 Å². The van der Waals surface area contributed by atoms with Crippen molar-refractivity contribution in [2.45, 2.75) is 25.9 Å². The van der Waals surface area contributed by atoms with Crippen molar-refractivity contribution in [2.75, 3.05) is 26.1 Å². The zero-order valence-corrected chi connectivity index (χ0v) is 17.4. The maximum absolute atomic E-state index is 12.7. The van der Waals surface area contributed by atoms with Crippen molar-refractivity contribution in [2.24, 2.45) is 0 Å². The standard InChI is InChI=1S/C21H24ClN3O4/c1-13(20(26)24-17-6-4-16(22)5-7-17)23-21(27)25-9-8-14-10-18(28-2)19(29-3)11-15(14)12-25/h4-7,10-11,13H,8-9,12H2,1-3H3,(H,23,27)(H,24,26). The van der Waals surface area contributed by atoms with E-state index in [0.29, 0.717) is 41.7 Å². The molecule has 0 spiro atoms. The van der Waals surface area contributed by atoms with Crippen LogP contribution < -0.4 is 20.1 Å². The Morgan fingerprint density at radius 2 is 1.69 bits per heavy atom. The number of hydrogen-bond donors (Lipinski definition) is 2. The number of halogens is 1. The first-order valence-corrected chi connectivity index (χ1v) is 9.64. The lowest BCUT2D eigenvalue weighted by molar-refractivity contribution is -0.117. The molecule has 0 saturated carbocycles. The van der Waals surface area contributed by atoms with Crippen molar-refractivity contribution < 1.29 is 19.1 Å². The fraction of sp³-hybridized carbons (Fsp3) is 0.333. The van der Waals surface area contributed by atoms with Crippen LogP contribution in [0.3, 0.4) is 0 Å². The van der Waals surface area contributed by atoms with Crippen LogP contribution in [0.2, 0.25) is 5.02 Å². The summed E-state index contributed by atoms with van der Waals surface area (Å²) in [6.07, 6.45) is 0.703. The molecule has 0 saturated heterocycles. The summed E-state index contributed by atoms with van der Waals surface area (Å²) in [5.74, 6) is 1.00. The third kappa shape index (κ3) is 4.92. The largest absolute Gasteiger partial charge is 0.493 e. The summed E-state index contributed by atoms with van der Waals surface area (Å²) in [6, 6.07) is 9.66. The van der Waals surface area contributed by atoms with Crippen molar-refractivity contribution in [3.05, 3.63) is 52.5 Å². The van der Waals surface area contributed by atoms with Gasteiger partial charge in [-0.2, -0.15) is 0 Å². The molecule has 1 aliphatic rings. The van der Waals surface area contributed by atoms with E-state index in [1.165, 1.54) is 0 Å². The number of methoxy groups -OCH3 is 2. The van der Waals surface area contributed by atoms with Gasteiger partial charge in [0.25, 0.3) is 0 Å². The van der Waals surface area contributed by atoms with Crippen LogP contribution in [0.5, 0.6) is 11.5 Å². The number of amides is 3. The Hall–Kier alpha value is -2.93. The van der Waals surface area contributed by atoms with Gasteiger partial charge in [-0.05, 0) is 60.9 Å². The fourth-order valence-corrected chi connectivity index (χ4v) is 3.31. The lowest BCUT2D eigenvalue weighted by Crippen LogP contribution is -2.49. The first kappa shape index (κ1) is 20.8. The molecule has 0 fully saturated rings. The number of urea groups is 1. The first-order chi connectivity index (χ1) is 13.9. The minimum atomic E-state index is -0.690. The Bertz CT molecular complexity index is 902. The number of ether oxygens (including phenoxy) is 2. The molecule has 0 radical (unpaired) electrons. The highest BCUT2D eigenvalue weighted by molar-refractivity contribution is 6.30. The van der Waals surface area contributed by atoms with Crippen molar-refractivity contribution in [3.8, 4) is 11.5 Å². The van der Waals surface area contributed by atoms with Gasteiger partial charge < -0.3 is 25.0 Å². The SMILES string of the molecule is COc1cc2c(cc1OC)CN(C(=O)NC(C)C(=O)Nc1ccc(Cl)cc1)CC2. The van der Waals surface area contributed by atoms with E-state index in [1.54, 1.807) is 50.3 Å². The molecule has 0 bridgehead atoms. The predicted molar refractivity (Wildman–Crippen MR) is 112 cm³/mol. The number of carbonyl (C=O) groups is 2. The molecule has 1 unspecified atom stereocenters. The van der Waals surface area contributed by atoms with Crippen LogP contribution >= 0.6 is 11.6 Å². The molecule has 8 heteroatoms. The molecule has 2 aromatic rings. The van der Waals surface area contributed by atoms with Crippen molar-refractivity contribution in [3.63, 3.8) is 0 Å². The molecule has 3 rings (SSSR count). The number of hydrogen-bond acceptors (Lipinski definition) is 4. The number of nitrogens with one attached hydrogen (secondary N) is 2. The Balaban J connectivity index is 1.61. The van der Waals surface area contributed by atoms with Crippen LogP contribution in [0.15, 0.2) is 36.4 Å². The highest BCUT2D eigenvalue weighted by atomic mass is 35.5. The Morgan fingerprint density at radius 1 is 1.07 bits per heavy atom. The molecule has 1 atom stereocenters. The Kier molecular flexibility index (Phi) is 6.49. The van der Waals surface area contributed by atoms with E-state index in [0.717, 1.165) is 11.1 Å². The fourth-order valence-electron chi connectivity index (χ4n) is 3.18. The van der Waals surface area contributed by atoms with Crippen LogP contribution in [0.1, 0.15) is 18.1 Å². The topological polar surface area (TPSA) is 79.9 Å². The second-order valence-corrected chi connectivity index (χ2v) is 7.25. The van der Waals surface area contributed by atoms with E-state index in [-0.39, 0.29) is 11.9 Å². The maximum Gasteiger partial charge on any atom is 0.318 e. The summed E-state index contributed by atoms with van der Waals surface area (Å²) < 4.78 is 10.7. The summed E-state index contributed by atoms with van der Waals surface area (Å²) in [6.45, 7) is 2.64. The lowest BCUT2D eigenvalue weighted by atomic mass is 9.99. The molecule has 1 aliphatic heterocycles. The van der Waals surface area contributed by atoms with E-state index >= 15 is 0 Å². The summed E-state index contributed by atoms with van der Waals surface area (Å²) in [7, 11) is 3.18. The second-order valence-electron chi connectivity index (χ2n) is 6.81. The average molecular weight is 418 g/mol. The lowest BCUT2D eigenvalue weighted by Gasteiger charge is -2.30. The van der Waals surface area contributed by atoms with Gasteiger partial charge in [-0.1, -0.05) is 11.6 Å². The van der Waals surface area contributed by atoms with Gasteiger partial charge in [0.2, 0.25) is 5.91 Å². The van der Waals surface area contributed by atoms with Gasteiger partial charge in [0, 0.05) is 23.8 Å². The van der Waals surface area contributed by atoms with Crippen LogP contribution in [0.4, 0.5) is 10.5 Å². The minimum Gasteiger partial charge on any atom is -0.493 e. The third-order valence-electron chi connectivity index (χ3n) is 4.85. The normalized spacial score (nSPS) is 13.9.